The molecule has 4 aromatic rings. The second-order valence-corrected chi connectivity index (χ2v) is 8.55. The topological polar surface area (TPSA) is 83.0 Å². The van der Waals surface area contributed by atoms with Gasteiger partial charge in [0, 0.05) is 34.6 Å². The number of aromatic amines is 1. The lowest BCUT2D eigenvalue weighted by molar-refractivity contribution is -0.122. The zero-order valence-electron chi connectivity index (χ0n) is 17.8. The fourth-order valence-electron chi connectivity index (χ4n) is 4.29. The van der Waals surface area contributed by atoms with Gasteiger partial charge in [0.05, 0.1) is 21.7 Å². The lowest BCUT2D eigenvalue weighted by atomic mass is 9.97. The standard InChI is InChI=1S/C24H22ClN5O2/c1-29(2)11-6-12-30-18-10-4-3-7-14(18)22(28-30)21-20(23(31)27-24(21)32)15-13-26-17-9-5-8-16(25)19(15)17/h3-5,7-10,13,26H,6,11-12H2,1-2H3,(H,27,31,32). The van der Waals surface area contributed by atoms with E-state index in [-0.39, 0.29) is 11.1 Å². The minimum atomic E-state index is -0.449. The van der Waals surface area contributed by atoms with Gasteiger partial charge in [-0.3, -0.25) is 19.6 Å². The molecule has 2 amide bonds. The zero-order chi connectivity index (χ0) is 22.4. The number of hydrogen-bond donors (Lipinski definition) is 2. The van der Waals surface area contributed by atoms with Crippen LogP contribution in [0.2, 0.25) is 5.02 Å². The summed E-state index contributed by atoms with van der Waals surface area (Å²) in [6.07, 6.45) is 2.63. The van der Waals surface area contributed by atoms with Crippen molar-refractivity contribution in [3.05, 3.63) is 64.9 Å². The van der Waals surface area contributed by atoms with Gasteiger partial charge < -0.3 is 9.88 Å². The number of carbonyl (C=O) groups excluding carboxylic acids is 2. The van der Waals surface area contributed by atoms with E-state index in [0.717, 1.165) is 29.4 Å². The summed E-state index contributed by atoms with van der Waals surface area (Å²) in [5, 5.41) is 9.31. The molecule has 0 bridgehead atoms. The van der Waals surface area contributed by atoms with Crippen molar-refractivity contribution in [1.29, 1.82) is 0 Å². The van der Waals surface area contributed by atoms with Gasteiger partial charge in [0.15, 0.2) is 0 Å². The molecule has 0 atom stereocenters. The Labute approximate surface area is 189 Å². The van der Waals surface area contributed by atoms with Crippen LogP contribution >= 0.6 is 11.6 Å². The molecular weight excluding hydrogens is 426 g/mol. The number of aromatic nitrogens is 3. The summed E-state index contributed by atoms with van der Waals surface area (Å²) in [5.41, 5.74) is 3.39. The highest BCUT2D eigenvalue weighted by Crippen LogP contribution is 2.39. The van der Waals surface area contributed by atoms with Crippen molar-refractivity contribution in [1.82, 2.24) is 25.0 Å². The summed E-state index contributed by atoms with van der Waals surface area (Å²) in [5.74, 6) is -0.896. The van der Waals surface area contributed by atoms with Crippen LogP contribution in [0.15, 0.2) is 48.7 Å². The highest BCUT2D eigenvalue weighted by molar-refractivity contribution is 6.51. The monoisotopic (exact) mass is 447 g/mol. The summed E-state index contributed by atoms with van der Waals surface area (Å²) >= 11 is 6.46. The normalized spacial score (nSPS) is 14.4. The van der Waals surface area contributed by atoms with E-state index in [1.165, 1.54) is 0 Å². The molecule has 0 unspecified atom stereocenters. The van der Waals surface area contributed by atoms with E-state index in [0.29, 0.717) is 28.2 Å². The number of aryl methyl sites for hydroxylation is 1. The van der Waals surface area contributed by atoms with Gasteiger partial charge in [0.2, 0.25) is 0 Å². The van der Waals surface area contributed by atoms with Crippen LogP contribution in [0.1, 0.15) is 17.7 Å². The number of nitrogens with zero attached hydrogens (tertiary/aromatic N) is 3. The average Bonchev–Trinajstić information content (AvgIpc) is 3.42. The van der Waals surface area contributed by atoms with E-state index < -0.39 is 11.8 Å². The quantitative estimate of drug-likeness (QED) is 0.441. The SMILES string of the molecule is CN(C)CCCn1nc(C2=C(c3c[nH]c4cccc(Cl)c34)C(=O)NC2=O)c2ccccc21. The van der Waals surface area contributed by atoms with Crippen LogP contribution in [0.25, 0.3) is 33.0 Å². The van der Waals surface area contributed by atoms with Crippen LogP contribution < -0.4 is 5.32 Å². The number of benzene rings is 2. The number of hydrogen-bond acceptors (Lipinski definition) is 4. The van der Waals surface area contributed by atoms with Crippen LogP contribution in [-0.2, 0) is 16.1 Å². The Kier molecular flexibility index (Phi) is 5.07. The highest BCUT2D eigenvalue weighted by atomic mass is 35.5. The number of nitrogens with one attached hydrogen (secondary N) is 2. The Morgan fingerprint density at radius 1 is 1.03 bits per heavy atom. The second kappa shape index (κ2) is 7.93. The summed E-state index contributed by atoms with van der Waals surface area (Å²) in [7, 11) is 4.06. The van der Waals surface area contributed by atoms with Gasteiger partial charge in [-0.2, -0.15) is 5.10 Å². The largest absolute Gasteiger partial charge is 0.360 e. The molecule has 2 aromatic heterocycles. The molecule has 3 heterocycles. The maximum atomic E-state index is 13.0. The van der Waals surface area contributed by atoms with Crippen molar-refractivity contribution < 1.29 is 9.59 Å². The smallest absolute Gasteiger partial charge is 0.261 e. The first-order valence-electron chi connectivity index (χ1n) is 10.4. The first-order valence-corrected chi connectivity index (χ1v) is 10.8. The maximum Gasteiger partial charge on any atom is 0.261 e. The molecule has 0 fully saturated rings. The van der Waals surface area contributed by atoms with E-state index in [4.69, 9.17) is 16.7 Å². The molecule has 162 valence electrons. The first-order chi connectivity index (χ1) is 15.5. The molecule has 0 saturated carbocycles. The lowest BCUT2D eigenvalue weighted by Crippen LogP contribution is -2.22. The molecule has 2 N–H and O–H groups in total. The fraction of sp³-hybridized carbons (Fsp3) is 0.208. The number of para-hydroxylation sites is 1. The Bertz CT molecular complexity index is 1410. The third-order valence-corrected chi connectivity index (χ3v) is 6.04. The molecule has 7 nitrogen and oxygen atoms in total. The zero-order valence-corrected chi connectivity index (χ0v) is 18.5. The molecule has 32 heavy (non-hydrogen) atoms. The Balaban J connectivity index is 1.72. The van der Waals surface area contributed by atoms with Crippen molar-refractivity contribution in [2.75, 3.05) is 20.6 Å². The van der Waals surface area contributed by atoms with Crippen LogP contribution in [0.3, 0.4) is 0 Å². The van der Waals surface area contributed by atoms with Crippen molar-refractivity contribution in [3.63, 3.8) is 0 Å². The number of carbonyl (C=O) groups is 2. The molecule has 0 radical (unpaired) electrons. The molecule has 0 spiro atoms. The van der Waals surface area contributed by atoms with Crippen LogP contribution in [0.4, 0.5) is 0 Å². The number of amides is 2. The van der Waals surface area contributed by atoms with Gasteiger partial charge in [0.1, 0.15) is 5.69 Å². The minimum Gasteiger partial charge on any atom is -0.360 e. The molecule has 8 heteroatoms. The van der Waals surface area contributed by atoms with Gasteiger partial charge >= 0.3 is 0 Å². The summed E-state index contributed by atoms with van der Waals surface area (Å²) in [6.45, 7) is 1.63. The molecule has 2 aromatic carbocycles. The number of imide groups is 1. The Hall–Kier alpha value is -3.42. The second-order valence-electron chi connectivity index (χ2n) is 8.14. The Morgan fingerprint density at radius 3 is 2.62 bits per heavy atom. The van der Waals surface area contributed by atoms with E-state index in [1.807, 2.05) is 55.2 Å². The molecule has 0 aliphatic carbocycles. The van der Waals surface area contributed by atoms with Crippen molar-refractivity contribution in [2.24, 2.45) is 0 Å². The maximum absolute atomic E-state index is 13.0. The molecule has 5 rings (SSSR count). The molecule has 1 aliphatic rings. The van der Waals surface area contributed by atoms with E-state index in [9.17, 15) is 9.59 Å². The third-order valence-electron chi connectivity index (χ3n) is 5.73. The number of halogens is 1. The summed E-state index contributed by atoms with van der Waals surface area (Å²) in [4.78, 5) is 31.2. The van der Waals surface area contributed by atoms with Crippen LogP contribution in [-0.4, -0.2) is 52.1 Å². The van der Waals surface area contributed by atoms with Gasteiger partial charge in [-0.15, -0.1) is 0 Å². The minimum absolute atomic E-state index is 0.276. The van der Waals surface area contributed by atoms with E-state index in [2.05, 4.69) is 15.2 Å². The third kappa shape index (κ3) is 3.30. The van der Waals surface area contributed by atoms with E-state index >= 15 is 0 Å². The summed E-state index contributed by atoms with van der Waals surface area (Å²) in [6, 6.07) is 13.3. The molecule has 0 saturated heterocycles. The lowest BCUT2D eigenvalue weighted by Gasteiger charge is -2.09. The van der Waals surface area contributed by atoms with Crippen LogP contribution in [0, 0.1) is 0 Å². The molecular formula is C24H22ClN5O2. The molecule has 1 aliphatic heterocycles. The van der Waals surface area contributed by atoms with Crippen LogP contribution in [0.5, 0.6) is 0 Å². The van der Waals surface area contributed by atoms with E-state index in [1.54, 1.807) is 12.3 Å². The predicted molar refractivity (Wildman–Crippen MR) is 126 cm³/mol. The van der Waals surface area contributed by atoms with Gasteiger partial charge in [-0.1, -0.05) is 35.9 Å². The first kappa shape index (κ1) is 20.5. The van der Waals surface area contributed by atoms with Crippen molar-refractivity contribution in [2.45, 2.75) is 13.0 Å². The predicted octanol–water partition coefficient (Wildman–Crippen LogP) is 3.69. The van der Waals surface area contributed by atoms with Crippen molar-refractivity contribution in [3.8, 4) is 0 Å². The average molecular weight is 448 g/mol. The number of rotatable bonds is 6. The highest BCUT2D eigenvalue weighted by Gasteiger charge is 2.36. The number of fused-ring (bicyclic) bond motifs is 2. The summed E-state index contributed by atoms with van der Waals surface area (Å²) < 4.78 is 1.91. The Morgan fingerprint density at radius 2 is 1.81 bits per heavy atom. The number of H-pyrrole nitrogens is 1. The van der Waals surface area contributed by atoms with Gasteiger partial charge in [-0.25, -0.2) is 0 Å². The van der Waals surface area contributed by atoms with Gasteiger partial charge in [0.25, 0.3) is 11.8 Å². The fourth-order valence-corrected chi connectivity index (χ4v) is 4.57. The van der Waals surface area contributed by atoms with Crippen molar-refractivity contribution >= 4 is 56.4 Å². The van der Waals surface area contributed by atoms with Gasteiger partial charge in [-0.05, 0) is 45.3 Å².